The van der Waals surface area contributed by atoms with Gasteiger partial charge in [-0.15, -0.1) is 0 Å². The maximum absolute atomic E-state index is 11.4. The molecule has 32 heavy (non-hydrogen) atoms. The van der Waals surface area contributed by atoms with Gasteiger partial charge in [0.2, 0.25) is 0 Å². The molecule has 0 saturated heterocycles. The third kappa shape index (κ3) is 3.42. The van der Waals surface area contributed by atoms with Crippen LogP contribution in [-0.2, 0) is 11.3 Å². The Hall–Kier alpha value is -3.66. The topological polar surface area (TPSA) is 55.1 Å². The molecule has 4 nitrogen and oxygen atoms in total. The number of rotatable bonds is 4. The van der Waals surface area contributed by atoms with E-state index in [0.29, 0.717) is 6.54 Å². The molecule has 4 heteroatoms. The van der Waals surface area contributed by atoms with Crippen LogP contribution in [0.3, 0.4) is 0 Å². The molecule has 0 bridgehead atoms. The molecule has 3 aliphatic rings. The fourth-order valence-corrected chi connectivity index (χ4v) is 4.85. The second kappa shape index (κ2) is 7.79. The van der Waals surface area contributed by atoms with Crippen LogP contribution in [0.25, 0.3) is 11.0 Å². The second-order valence-corrected chi connectivity index (χ2v) is 8.76. The van der Waals surface area contributed by atoms with E-state index in [0.717, 1.165) is 34.2 Å². The Morgan fingerprint density at radius 2 is 2.03 bits per heavy atom. The van der Waals surface area contributed by atoms with E-state index >= 15 is 0 Å². The highest BCUT2D eigenvalue weighted by molar-refractivity contribution is 5.77. The lowest BCUT2D eigenvalue weighted by Crippen LogP contribution is -2.27. The predicted octanol–water partition coefficient (Wildman–Crippen LogP) is 5.92. The van der Waals surface area contributed by atoms with Crippen molar-refractivity contribution in [2.75, 3.05) is 0 Å². The van der Waals surface area contributed by atoms with Gasteiger partial charge in [-0.1, -0.05) is 60.8 Å². The van der Waals surface area contributed by atoms with Crippen LogP contribution < -0.4 is 0 Å². The molecule has 160 valence electrons. The van der Waals surface area contributed by atoms with E-state index in [1.807, 2.05) is 6.33 Å². The minimum Gasteiger partial charge on any atom is -0.481 e. The lowest BCUT2D eigenvalue weighted by atomic mass is 9.65. The van der Waals surface area contributed by atoms with Gasteiger partial charge in [-0.2, -0.15) is 0 Å². The molecular weight excluding hydrogens is 396 g/mol. The fourth-order valence-electron chi connectivity index (χ4n) is 4.85. The molecule has 1 atom stereocenters. The third-order valence-corrected chi connectivity index (χ3v) is 6.74. The smallest absolute Gasteiger partial charge is 0.307 e. The molecule has 1 aromatic heterocycles. The van der Waals surface area contributed by atoms with Gasteiger partial charge in [0, 0.05) is 12.0 Å². The number of aryl methyl sites for hydroxylation is 2. The maximum atomic E-state index is 11.4. The van der Waals surface area contributed by atoms with E-state index in [2.05, 4.69) is 96.3 Å². The summed E-state index contributed by atoms with van der Waals surface area (Å²) in [5, 5.41) is 9.34. The average molecular weight is 423 g/mol. The zero-order valence-electron chi connectivity index (χ0n) is 18.4. The molecule has 1 aromatic carbocycles. The minimum absolute atomic E-state index is 0.0416. The van der Waals surface area contributed by atoms with E-state index in [4.69, 9.17) is 0 Å². The number of imidazole rings is 1. The normalized spacial score (nSPS) is 22.8. The zero-order chi connectivity index (χ0) is 22.3. The first-order valence-corrected chi connectivity index (χ1v) is 11.0. The predicted molar refractivity (Wildman–Crippen MR) is 128 cm³/mol. The van der Waals surface area contributed by atoms with Crippen molar-refractivity contribution in [2.45, 2.75) is 33.2 Å². The van der Waals surface area contributed by atoms with Crippen LogP contribution in [-0.4, -0.2) is 20.6 Å². The van der Waals surface area contributed by atoms with Gasteiger partial charge >= 0.3 is 5.97 Å². The Bertz CT molecular complexity index is 1340. The van der Waals surface area contributed by atoms with E-state index in [1.54, 1.807) is 0 Å². The second-order valence-electron chi connectivity index (χ2n) is 8.76. The van der Waals surface area contributed by atoms with Crippen LogP contribution >= 0.6 is 0 Å². The highest BCUT2D eigenvalue weighted by Gasteiger charge is 2.38. The molecule has 0 fully saturated rings. The lowest BCUT2D eigenvalue weighted by Gasteiger charge is -2.38. The molecule has 1 heterocycles. The summed E-state index contributed by atoms with van der Waals surface area (Å²) in [4.78, 5) is 16.0. The summed E-state index contributed by atoms with van der Waals surface area (Å²) in [5.74, 6) is -0.802. The van der Waals surface area contributed by atoms with Gasteiger partial charge < -0.3 is 9.67 Å². The summed E-state index contributed by atoms with van der Waals surface area (Å²) in [6, 6.07) is 4.33. The van der Waals surface area contributed by atoms with Crippen molar-refractivity contribution in [2.24, 2.45) is 5.41 Å². The van der Waals surface area contributed by atoms with Gasteiger partial charge in [-0.3, -0.25) is 4.79 Å². The van der Waals surface area contributed by atoms with Crippen molar-refractivity contribution < 1.29 is 9.90 Å². The first-order valence-electron chi connectivity index (χ1n) is 11.0. The summed E-state index contributed by atoms with van der Waals surface area (Å²) in [5.41, 5.74) is 8.76. The van der Waals surface area contributed by atoms with E-state index in [-0.39, 0.29) is 11.8 Å². The van der Waals surface area contributed by atoms with Gasteiger partial charge in [-0.05, 0) is 65.8 Å². The lowest BCUT2D eigenvalue weighted by molar-refractivity contribution is -0.136. The van der Waals surface area contributed by atoms with Crippen LogP contribution in [0.15, 0.2) is 102 Å². The van der Waals surface area contributed by atoms with Crippen LogP contribution in [0.1, 0.15) is 24.0 Å². The Morgan fingerprint density at radius 1 is 1.19 bits per heavy atom. The van der Waals surface area contributed by atoms with Crippen molar-refractivity contribution in [1.82, 2.24) is 9.55 Å². The van der Waals surface area contributed by atoms with Crippen molar-refractivity contribution >= 4 is 17.0 Å². The van der Waals surface area contributed by atoms with E-state index < -0.39 is 5.97 Å². The first-order chi connectivity index (χ1) is 15.5. The quantitative estimate of drug-likeness (QED) is 0.665. The standard InChI is InChI=1S/C28H26N2O2/c1-19-14-25-26(15-20(19)2)30(18-29-25)13-10-22-6-5-8-23-7-3-4-11-28(23)12-9-21(16-24(22)28)17-27(31)32/h3-11,14-16,18H,12-13,17H2,1-2H3,(H,31,32)/b22-10-. The number of aliphatic carboxylic acids is 1. The number of carboxylic acids is 1. The van der Waals surface area contributed by atoms with Crippen molar-refractivity contribution in [1.29, 1.82) is 0 Å². The highest BCUT2D eigenvalue weighted by atomic mass is 16.4. The zero-order valence-corrected chi connectivity index (χ0v) is 18.4. The number of hydrogen-bond acceptors (Lipinski definition) is 2. The van der Waals surface area contributed by atoms with Gasteiger partial charge in [-0.25, -0.2) is 4.98 Å². The number of aromatic nitrogens is 2. The molecule has 0 saturated carbocycles. The molecule has 1 spiro atoms. The fraction of sp³-hybridized carbons (Fsp3) is 0.214. The van der Waals surface area contributed by atoms with Gasteiger partial charge in [0.25, 0.3) is 0 Å². The molecule has 0 aliphatic heterocycles. The molecule has 1 unspecified atom stereocenters. The summed E-state index contributed by atoms with van der Waals surface area (Å²) in [7, 11) is 0. The molecule has 0 radical (unpaired) electrons. The highest BCUT2D eigenvalue weighted by Crippen LogP contribution is 2.50. The number of carboxylic acid groups (broad SMARTS) is 1. The Morgan fingerprint density at radius 3 is 2.88 bits per heavy atom. The molecule has 3 aliphatic carbocycles. The van der Waals surface area contributed by atoms with Crippen LogP contribution in [0, 0.1) is 19.3 Å². The number of fused-ring (bicyclic) bond motifs is 1. The summed E-state index contributed by atoms with van der Waals surface area (Å²) in [6.45, 7) is 4.93. The molecule has 1 N–H and O–H groups in total. The van der Waals surface area contributed by atoms with Crippen molar-refractivity contribution in [3.05, 3.63) is 113 Å². The maximum Gasteiger partial charge on any atom is 0.307 e. The van der Waals surface area contributed by atoms with Crippen molar-refractivity contribution in [3.8, 4) is 0 Å². The monoisotopic (exact) mass is 422 g/mol. The summed E-state index contributed by atoms with van der Waals surface area (Å²) in [6.07, 6.45) is 24.1. The summed E-state index contributed by atoms with van der Waals surface area (Å²) >= 11 is 0. The van der Waals surface area contributed by atoms with Crippen LogP contribution in [0.2, 0.25) is 0 Å². The largest absolute Gasteiger partial charge is 0.481 e. The summed E-state index contributed by atoms with van der Waals surface area (Å²) < 4.78 is 2.17. The number of nitrogens with zero attached hydrogens (tertiary/aromatic N) is 2. The van der Waals surface area contributed by atoms with E-state index in [1.165, 1.54) is 16.7 Å². The average Bonchev–Trinajstić information content (AvgIpc) is 3.06. The number of hydrogen-bond donors (Lipinski definition) is 1. The Kier molecular flexibility index (Phi) is 4.93. The minimum atomic E-state index is -0.802. The number of benzene rings is 1. The van der Waals surface area contributed by atoms with Gasteiger partial charge in [0.1, 0.15) is 0 Å². The van der Waals surface area contributed by atoms with Crippen LogP contribution in [0.5, 0.6) is 0 Å². The van der Waals surface area contributed by atoms with Crippen molar-refractivity contribution in [3.63, 3.8) is 0 Å². The third-order valence-electron chi connectivity index (χ3n) is 6.74. The van der Waals surface area contributed by atoms with Gasteiger partial charge in [0.15, 0.2) is 0 Å². The number of carbonyl (C=O) groups is 1. The molecule has 0 amide bonds. The SMILES string of the molecule is Cc1cc2ncn(C/C=C3/C=CC=C4C=CC=CC45CC=C(CC(=O)O)C=C35)c2cc1C. The Labute approximate surface area is 188 Å². The molecule has 5 rings (SSSR count). The Balaban J connectivity index is 1.56. The molecule has 2 aromatic rings. The number of allylic oxidation sites excluding steroid dienone is 13. The van der Waals surface area contributed by atoms with Gasteiger partial charge in [0.05, 0.1) is 23.8 Å². The first kappa shape index (κ1) is 20.3. The van der Waals surface area contributed by atoms with E-state index in [9.17, 15) is 9.90 Å². The van der Waals surface area contributed by atoms with Crippen LogP contribution in [0.4, 0.5) is 0 Å². The molecular formula is C28H26N2O2.